The van der Waals surface area contributed by atoms with Crippen LogP contribution < -0.4 is 0 Å². The van der Waals surface area contributed by atoms with Gasteiger partial charge in [0.1, 0.15) is 0 Å². The van der Waals surface area contributed by atoms with Crippen molar-refractivity contribution in [2.24, 2.45) is 9.98 Å². The summed E-state index contributed by atoms with van der Waals surface area (Å²) in [5, 5.41) is 2.39. The summed E-state index contributed by atoms with van der Waals surface area (Å²) >= 11 is 0. The molecule has 0 atom stereocenters. The molecule has 0 amide bonds. The third-order valence-corrected chi connectivity index (χ3v) is 10.3. The SMILES string of the molecule is Cc1cc(C(c2ccccc2)c2ccccc2)c(N=C2C(=Nc3ccccc3)c3cccc4cccc2c34)c(C(c2ccccc2)c2ccccc2)c1.[Ni]. The van der Waals surface area contributed by atoms with Crippen molar-refractivity contribution in [1.29, 1.82) is 0 Å². The van der Waals surface area contributed by atoms with Gasteiger partial charge < -0.3 is 0 Å². The van der Waals surface area contributed by atoms with Crippen molar-refractivity contribution in [3.63, 3.8) is 0 Å². The van der Waals surface area contributed by atoms with Gasteiger partial charge in [0.2, 0.25) is 0 Å². The molecule has 54 heavy (non-hydrogen) atoms. The Kier molecular flexibility index (Phi) is 9.99. The molecule has 0 unspecified atom stereocenters. The maximum Gasteiger partial charge on any atom is 0.0979 e. The van der Waals surface area contributed by atoms with Gasteiger partial charge in [0.15, 0.2) is 0 Å². The quantitative estimate of drug-likeness (QED) is 0.110. The van der Waals surface area contributed by atoms with E-state index in [1.165, 1.54) is 49.7 Å². The van der Waals surface area contributed by atoms with Crippen LogP contribution in [0.1, 0.15) is 61.9 Å². The summed E-state index contributed by atoms with van der Waals surface area (Å²) in [5.41, 5.74) is 14.3. The maximum absolute atomic E-state index is 5.95. The van der Waals surface area contributed by atoms with Gasteiger partial charge in [-0.2, -0.15) is 0 Å². The summed E-state index contributed by atoms with van der Waals surface area (Å²) in [7, 11) is 0. The molecule has 0 aromatic heterocycles. The largest absolute Gasteiger partial charge is 0.246 e. The van der Waals surface area contributed by atoms with Crippen LogP contribution in [0.3, 0.4) is 0 Å². The van der Waals surface area contributed by atoms with E-state index >= 15 is 0 Å². The number of benzene rings is 8. The van der Waals surface area contributed by atoms with E-state index in [1.807, 2.05) is 18.2 Å². The van der Waals surface area contributed by atoms with E-state index in [4.69, 9.17) is 9.98 Å². The van der Waals surface area contributed by atoms with Gasteiger partial charge in [-0.1, -0.05) is 194 Å². The van der Waals surface area contributed by atoms with Crippen molar-refractivity contribution in [2.75, 3.05) is 0 Å². The molecule has 0 spiro atoms. The number of rotatable bonds is 8. The van der Waals surface area contributed by atoms with Crippen LogP contribution in [0.5, 0.6) is 0 Å². The van der Waals surface area contributed by atoms with Crippen LogP contribution in [0.15, 0.2) is 210 Å². The third kappa shape index (κ3) is 6.64. The predicted molar refractivity (Wildman–Crippen MR) is 222 cm³/mol. The number of nitrogens with zero attached hydrogens (tertiary/aromatic N) is 2. The Morgan fingerprint density at radius 2 is 0.759 bits per heavy atom. The van der Waals surface area contributed by atoms with E-state index in [2.05, 4.69) is 189 Å². The van der Waals surface area contributed by atoms with Gasteiger partial charge in [-0.25, -0.2) is 9.98 Å². The van der Waals surface area contributed by atoms with E-state index < -0.39 is 0 Å². The fourth-order valence-corrected chi connectivity index (χ4v) is 8.05. The van der Waals surface area contributed by atoms with Crippen LogP contribution >= 0.6 is 0 Å². The van der Waals surface area contributed by atoms with Gasteiger partial charge in [-0.15, -0.1) is 0 Å². The van der Waals surface area contributed by atoms with Gasteiger partial charge in [-0.3, -0.25) is 0 Å². The zero-order chi connectivity index (χ0) is 35.6. The van der Waals surface area contributed by atoms with Crippen LogP contribution in [-0.4, -0.2) is 11.4 Å². The Labute approximate surface area is 327 Å². The van der Waals surface area contributed by atoms with E-state index in [1.54, 1.807) is 0 Å². The van der Waals surface area contributed by atoms with Gasteiger partial charge in [0.25, 0.3) is 0 Å². The average molecular weight is 738 g/mol. The monoisotopic (exact) mass is 736 g/mol. The number of para-hydroxylation sites is 1. The Morgan fingerprint density at radius 3 is 1.17 bits per heavy atom. The van der Waals surface area contributed by atoms with Crippen molar-refractivity contribution >= 4 is 33.6 Å². The van der Waals surface area contributed by atoms with Crippen molar-refractivity contribution in [2.45, 2.75) is 18.8 Å². The molecule has 0 N–H and O–H groups in total. The van der Waals surface area contributed by atoms with Gasteiger partial charge >= 0.3 is 0 Å². The Hall–Kier alpha value is -6.15. The summed E-state index contributed by atoms with van der Waals surface area (Å²) in [6.45, 7) is 2.22. The van der Waals surface area contributed by atoms with Gasteiger partial charge in [0, 0.05) is 44.8 Å². The molecule has 262 valence electrons. The first kappa shape index (κ1) is 34.9. The number of hydrogen-bond acceptors (Lipinski definition) is 2. The second-order valence-corrected chi connectivity index (χ2v) is 13.8. The topological polar surface area (TPSA) is 24.7 Å². The molecule has 0 bridgehead atoms. The van der Waals surface area contributed by atoms with Crippen LogP contribution in [0.25, 0.3) is 10.8 Å². The second-order valence-electron chi connectivity index (χ2n) is 13.8. The van der Waals surface area contributed by atoms with Crippen molar-refractivity contribution in [3.05, 3.63) is 250 Å². The minimum absolute atomic E-state index is 0. The van der Waals surface area contributed by atoms with Crippen LogP contribution in [0, 0.1) is 6.92 Å². The zero-order valence-electron chi connectivity index (χ0n) is 29.9. The van der Waals surface area contributed by atoms with Gasteiger partial charge in [-0.05, 0) is 57.8 Å². The minimum Gasteiger partial charge on any atom is -0.246 e. The first-order chi connectivity index (χ1) is 26.2. The molecule has 0 saturated heterocycles. The minimum atomic E-state index is -0.0586. The molecule has 8 aromatic rings. The molecule has 3 heteroatoms. The fourth-order valence-electron chi connectivity index (χ4n) is 8.05. The Balaban J connectivity index is 0.00000413. The normalized spacial score (nSPS) is 13.5. The first-order valence-electron chi connectivity index (χ1n) is 18.3. The molecule has 9 rings (SSSR count). The zero-order valence-corrected chi connectivity index (χ0v) is 30.9. The molecule has 0 radical (unpaired) electrons. The van der Waals surface area contributed by atoms with Crippen molar-refractivity contribution in [3.8, 4) is 0 Å². The molecule has 1 aliphatic rings. The maximum atomic E-state index is 5.95. The fraction of sp³-hybridized carbons (Fsp3) is 0.0588. The smallest absolute Gasteiger partial charge is 0.0979 e. The number of aryl methyl sites for hydroxylation is 1. The molecular formula is C51H38N2Ni. The van der Waals surface area contributed by atoms with Crippen LogP contribution in [-0.2, 0) is 16.5 Å². The first-order valence-corrected chi connectivity index (χ1v) is 18.3. The second kappa shape index (κ2) is 15.4. The summed E-state index contributed by atoms with van der Waals surface area (Å²) in [5.74, 6) is -0.117. The third-order valence-electron chi connectivity index (χ3n) is 10.3. The Bertz CT molecular complexity index is 2410. The molecular weight excluding hydrogens is 699 g/mol. The van der Waals surface area contributed by atoms with Crippen molar-refractivity contribution < 1.29 is 16.5 Å². The molecule has 1 aliphatic carbocycles. The Morgan fingerprint density at radius 1 is 0.389 bits per heavy atom. The van der Waals surface area contributed by atoms with E-state index in [-0.39, 0.29) is 28.3 Å². The van der Waals surface area contributed by atoms with E-state index in [0.717, 1.165) is 33.9 Å². The van der Waals surface area contributed by atoms with E-state index in [9.17, 15) is 0 Å². The van der Waals surface area contributed by atoms with Crippen LogP contribution in [0.2, 0.25) is 0 Å². The summed E-state index contributed by atoms with van der Waals surface area (Å²) in [4.78, 5) is 11.3. The molecule has 0 saturated carbocycles. The summed E-state index contributed by atoms with van der Waals surface area (Å²) in [6, 6.07) is 71.5. The number of hydrogen-bond donors (Lipinski definition) is 0. The molecule has 0 heterocycles. The van der Waals surface area contributed by atoms with Crippen molar-refractivity contribution in [1.82, 2.24) is 0 Å². The molecule has 8 aromatic carbocycles. The standard InChI is InChI=1S/C51H38N2.Ni/c1-35-33-44(46(36-19-7-2-8-20-36)37-21-9-3-10-22-37)49(45(34-35)47(38-23-11-4-12-24-38)39-25-13-5-14-26-39)53-51-43-32-18-28-40-27-17-31-42(48(40)43)50(51)52-41-29-15-6-16-30-41;/h2-34,46-47H,1H3;. The average Bonchev–Trinajstić information content (AvgIpc) is 3.51. The molecule has 0 aliphatic heterocycles. The summed E-state index contributed by atoms with van der Waals surface area (Å²) < 4.78 is 0. The molecule has 0 fully saturated rings. The van der Waals surface area contributed by atoms with Gasteiger partial charge in [0.05, 0.1) is 22.8 Å². The summed E-state index contributed by atoms with van der Waals surface area (Å²) in [6.07, 6.45) is 0. The molecule has 2 nitrogen and oxygen atoms in total. The van der Waals surface area contributed by atoms with E-state index in [0.29, 0.717) is 0 Å². The predicted octanol–water partition coefficient (Wildman–Crippen LogP) is 12.8. The van der Waals surface area contributed by atoms with Crippen LogP contribution in [0.4, 0.5) is 11.4 Å². The number of aliphatic imine (C=N–C) groups is 2.